The lowest BCUT2D eigenvalue weighted by atomic mass is 10.2. The van der Waals surface area contributed by atoms with E-state index in [-0.39, 0.29) is 0 Å². The van der Waals surface area contributed by atoms with Crippen molar-refractivity contribution < 1.29 is 9.59 Å². The van der Waals surface area contributed by atoms with Crippen molar-refractivity contribution in [1.29, 1.82) is 0 Å². The van der Waals surface area contributed by atoms with Gasteiger partial charge in [-0.3, -0.25) is 14.7 Å². The molecule has 1 aromatic heterocycles. The maximum atomic E-state index is 12.5. The van der Waals surface area contributed by atoms with Crippen LogP contribution in [0.2, 0.25) is 5.02 Å². The van der Waals surface area contributed by atoms with Gasteiger partial charge in [-0.1, -0.05) is 17.7 Å². The van der Waals surface area contributed by atoms with Crippen molar-refractivity contribution in [3.05, 3.63) is 53.7 Å². The second kappa shape index (κ2) is 7.28. The van der Waals surface area contributed by atoms with Crippen molar-refractivity contribution in [1.82, 2.24) is 15.1 Å². The molecule has 0 atom stereocenters. The Hall–Kier alpha value is -3.06. The molecule has 2 aromatic carbocycles. The van der Waals surface area contributed by atoms with Crippen molar-refractivity contribution in [2.75, 3.05) is 36.4 Å². The van der Waals surface area contributed by atoms with Crippen LogP contribution >= 0.6 is 11.6 Å². The summed E-state index contributed by atoms with van der Waals surface area (Å²) >= 11 is 6.04. The molecule has 0 spiro atoms. The van der Waals surface area contributed by atoms with Crippen LogP contribution < -0.4 is 10.2 Å². The van der Waals surface area contributed by atoms with E-state index in [1.807, 2.05) is 30.3 Å². The van der Waals surface area contributed by atoms with E-state index < -0.39 is 11.8 Å². The average molecular weight is 384 g/mol. The minimum Gasteiger partial charge on any atom is -0.368 e. The molecule has 8 heteroatoms. The highest BCUT2D eigenvalue weighted by atomic mass is 35.5. The summed E-state index contributed by atoms with van der Waals surface area (Å²) in [5.41, 5.74) is 2.38. The first kappa shape index (κ1) is 17.4. The number of fused-ring (bicyclic) bond motifs is 1. The fourth-order valence-corrected chi connectivity index (χ4v) is 3.37. The van der Waals surface area contributed by atoms with Crippen LogP contribution in [0.25, 0.3) is 10.9 Å². The highest BCUT2D eigenvalue weighted by Gasteiger charge is 2.26. The van der Waals surface area contributed by atoms with Gasteiger partial charge in [0.25, 0.3) is 0 Å². The van der Waals surface area contributed by atoms with Gasteiger partial charge in [-0.05, 0) is 36.4 Å². The molecule has 0 aliphatic carbocycles. The van der Waals surface area contributed by atoms with E-state index in [9.17, 15) is 9.59 Å². The molecule has 2 N–H and O–H groups in total. The molecule has 2 amide bonds. The zero-order valence-corrected chi connectivity index (χ0v) is 15.2. The van der Waals surface area contributed by atoms with Crippen molar-refractivity contribution in [3.63, 3.8) is 0 Å². The Kier molecular flexibility index (Phi) is 4.68. The van der Waals surface area contributed by atoms with E-state index >= 15 is 0 Å². The molecule has 0 bridgehead atoms. The number of benzene rings is 2. The number of anilines is 2. The number of hydrogen-bond acceptors (Lipinski definition) is 4. The van der Waals surface area contributed by atoms with E-state index in [0.29, 0.717) is 36.9 Å². The lowest BCUT2D eigenvalue weighted by Crippen LogP contribution is -2.51. The van der Waals surface area contributed by atoms with E-state index in [4.69, 9.17) is 11.6 Å². The number of aromatic amines is 1. The van der Waals surface area contributed by atoms with Gasteiger partial charge in [0.05, 0.1) is 11.7 Å². The van der Waals surface area contributed by atoms with Crippen molar-refractivity contribution in [2.24, 2.45) is 0 Å². The number of aromatic nitrogens is 2. The van der Waals surface area contributed by atoms with Gasteiger partial charge in [0, 0.05) is 48.0 Å². The summed E-state index contributed by atoms with van der Waals surface area (Å²) < 4.78 is 0. The van der Waals surface area contributed by atoms with Crippen LogP contribution in [-0.2, 0) is 9.59 Å². The van der Waals surface area contributed by atoms with Crippen LogP contribution in [-0.4, -0.2) is 53.1 Å². The number of carbonyl (C=O) groups is 2. The first-order chi connectivity index (χ1) is 13.1. The highest BCUT2D eigenvalue weighted by molar-refractivity contribution is 6.39. The highest BCUT2D eigenvalue weighted by Crippen LogP contribution is 2.21. The molecule has 0 saturated carbocycles. The molecule has 1 saturated heterocycles. The van der Waals surface area contributed by atoms with Crippen LogP contribution in [0.3, 0.4) is 0 Å². The van der Waals surface area contributed by atoms with Gasteiger partial charge in [-0.25, -0.2) is 0 Å². The Balaban J connectivity index is 1.36. The van der Waals surface area contributed by atoms with Crippen LogP contribution in [0.15, 0.2) is 48.7 Å². The monoisotopic (exact) mass is 383 g/mol. The lowest BCUT2D eigenvalue weighted by Gasteiger charge is -2.35. The predicted molar refractivity (Wildman–Crippen MR) is 105 cm³/mol. The number of carbonyl (C=O) groups excluding carboxylic acids is 2. The van der Waals surface area contributed by atoms with Gasteiger partial charge in [0.1, 0.15) is 0 Å². The molecular weight excluding hydrogens is 366 g/mol. The lowest BCUT2D eigenvalue weighted by molar-refractivity contribution is -0.143. The molecule has 0 radical (unpaired) electrons. The molecule has 2 heterocycles. The van der Waals surface area contributed by atoms with Crippen LogP contribution in [0, 0.1) is 0 Å². The van der Waals surface area contributed by atoms with Gasteiger partial charge >= 0.3 is 11.8 Å². The molecule has 138 valence electrons. The standard InChI is InChI=1S/C19H18ClN5O2/c20-14-2-1-3-16(10-14)24-6-8-25(9-7-24)19(27)18(26)22-15-5-4-13-12-21-23-17(13)11-15/h1-5,10-12H,6-9H2,(H,21,23)(H,22,26). The Morgan fingerprint density at radius 3 is 2.67 bits per heavy atom. The van der Waals surface area contributed by atoms with Gasteiger partial charge in [-0.2, -0.15) is 5.10 Å². The van der Waals surface area contributed by atoms with Gasteiger partial charge in [-0.15, -0.1) is 0 Å². The fourth-order valence-electron chi connectivity index (χ4n) is 3.18. The van der Waals surface area contributed by atoms with Gasteiger partial charge in [0.2, 0.25) is 0 Å². The normalized spacial score (nSPS) is 14.4. The molecule has 27 heavy (non-hydrogen) atoms. The summed E-state index contributed by atoms with van der Waals surface area (Å²) in [5, 5.41) is 11.1. The maximum absolute atomic E-state index is 12.5. The molecule has 1 fully saturated rings. The second-order valence-electron chi connectivity index (χ2n) is 6.39. The Bertz CT molecular complexity index is 994. The number of piperazine rings is 1. The van der Waals surface area contributed by atoms with E-state index in [0.717, 1.165) is 16.6 Å². The van der Waals surface area contributed by atoms with Crippen molar-refractivity contribution >= 4 is 45.7 Å². The first-order valence-electron chi connectivity index (χ1n) is 8.64. The molecular formula is C19H18ClN5O2. The molecule has 1 aliphatic heterocycles. The third kappa shape index (κ3) is 3.73. The largest absolute Gasteiger partial charge is 0.368 e. The SMILES string of the molecule is O=C(Nc1ccc2cn[nH]c2c1)C(=O)N1CCN(c2cccc(Cl)c2)CC1. The summed E-state index contributed by atoms with van der Waals surface area (Å²) in [6, 6.07) is 13.0. The summed E-state index contributed by atoms with van der Waals surface area (Å²) in [5.74, 6) is -1.16. The molecule has 4 rings (SSSR count). The number of nitrogens with one attached hydrogen (secondary N) is 2. The number of hydrogen-bond donors (Lipinski definition) is 2. The number of rotatable bonds is 2. The van der Waals surface area contributed by atoms with Crippen molar-refractivity contribution in [2.45, 2.75) is 0 Å². The van der Waals surface area contributed by atoms with Crippen LogP contribution in [0.5, 0.6) is 0 Å². The number of amides is 2. The van der Waals surface area contributed by atoms with Gasteiger partial charge in [0.15, 0.2) is 0 Å². The van der Waals surface area contributed by atoms with Gasteiger partial charge < -0.3 is 15.1 Å². The minimum absolute atomic E-state index is 0.484. The summed E-state index contributed by atoms with van der Waals surface area (Å²) in [4.78, 5) is 28.5. The summed E-state index contributed by atoms with van der Waals surface area (Å²) in [6.45, 7) is 2.27. The number of nitrogens with zero attached hydrogens (tertiary/aromatic N) is 3. The van der Waals surface area contributed by atoms with E-state index in [2.05, 4.69) is 20.4 Å². The quantitative estimate of drug-likeness (QED) is 0.666. The Labute approximate surface area is 160 Å². The second-order valence-corrected chi connectivity index (χ2v) is 6.82. The Morgan fingerprint density at radius 1 is 1.07 bits per heavy atom. The topological polar surface area (TPSA) is 81.3 Å². The number of halogens is 1. The van der Waals surface area contributed by atoms with E-state index in [1.54, 1.807) is 23.2 Å². The van der Waals surface area contributed by atoms with Crippen LogP contribution in [0.1, 0.15) is 0 Å². The van der Waals surface area contributed by atoms with Crippen molar-refractivity contribution in [3.8, 4) is 0 Å². The zero-order valence-electron chi connectivity index (χ0n) is 14.5. The minimum atomic E-state index is -0.634. The zero-order chi connectivity index (χ0) is 18.8. The average Bonchev–Trinajstić information content (AvgIpc) is 3.15. The molecule has 3 aromatic rings. The molecule has 7 nitrogen and oxygen atoms in total. The third-order valence-electron chi connectivity index (χ3n) is 4.63. The molecule has 1 aliphatic rings. The predicted octanol–water partition coefficient (Wildman–Crippen LogP) is 2.50. The fraction of sp³-hybridized carbons (Fsp3) is 0.211. The Morgan fingerprint density at radius 2 is 1.89 bits per heavy atom. The first-order valence-corrected chi connectivity index (χ1v) is 9.02. The van der Waals surface area contributed by atoms with E-state index in [1.165, 1.54) is 0 Å². The van der Waals surface area contributed by atoms with Crippen LogP contribution in [0.4, 0.5) is 11.4 Å². The smallest absolute Gasteiger partial charge is 0.313 e. The summed E-state index contributed by atoms with van der Waals surface area (Å²) in [7, 11) is 0. The third-order valence-corrected chi connectivity index (χ3v) is 4.87. The molecule has 0 unspecified atom stereocenters. The number of H-pyrrole nitrogens is 1. The maximum Gasteiger partial charge on any atom is 0.313 e. The summed E-state index contributed by atoms with van der Waals surface area (Å²) in [6.07, 6.45) is 1.70.